The van der Waals surface area contributed by atoms with Crippen LogP contribution in [0, 0.1) is 12.7 Å². The van der Waals surface area contributed by atoms with Gasteiger partial charge in [0.15, 0.2) is 17.3 Å². The van der Waals surface area contributed by atoms with Crippen molar-refractivity contribution in [1.82, 2.24) is 9.78 Å². The molecule has 0 saturated heterocycles. The molecule has 300 valence electrons. The molecule has 11 nitrogen and oxygen atoms in total. The summed E-state index contributed by atoms with van der Waals surface area (Å²) in [7, 11) is 0.109. The zero-order chi connectivity index (χ0) is 39.5. The first-order valence-electron chi connectivity index (χ1n) is 18.4. The molecule has 0 bridgehead atoms. The Labute approximate surface area is 329 Å². The third-order valence-electron chi connectivity index (χ3n) is 8.25. The second-order valence-corrected chi connectivity index (χ2v) is 20.3. The quantitative estimate of drug-likeness (QED) is 0.0443. The molecule has 2 aromatic carbocycles. The molecular formula is C39H55Cl2FN2O9Si. The zero-order valence-electron chi connectivity index (χ0n) is 32.4. The number of halogens is 3. The number of benzene rings is 2. The molecule has 0 atom stereocenters. The molecule has 0 N–H and O–H groups in total. The molecule has 1 aromatic heterocycles. The van der Waals surface area contributed by atoms with E-state index in [0.717, 1.165) is 28.6 Å². The lowest BCUT2D eigenvalue weighted by Crippen LogP contribution is -2.22. The van der Waals surface area contributed by atoms with Crippen LogP contribution in [-0.4, -0.2) is 83.2 Å². The van der Waals surface area contributed by atoms with Crippen LogP contribution < -0.4 is 9.47 Å². The second-order valence-electron chi connectivity index (χ2n) is 13.9. The molecule has 15 heteroatoms. The van der Waals surface area contributed by atoms with Crippen molar-refractivity contribution in [3.8, 4) is 11.5 Å². The Balaban J connectivity index is 1.44. The number of ether oxygens (including phenoxy) is 7. The van der Waals surface area contributed by atoms with Gasteiger partial charge in [0.2, 0.25) is 0 Å². The molecule has 0 fully saturated rings. The molecule has 0 aliphatic heterocycles. The van der Waals surface area contributed by atoms with Crippen LogP contribution in [0.5, 0.6) is 11.5 Å². The third-order valence-corrected chi connectivity index (χ3v) is 10.5. The number of hydrogen-bond acceptors (Lipinski definition) is 10. The average Bonchev–Trinajstić information content (AvgIpc) is 3.42. The van der Waals surface area contributed by atoms with Gasteiger partial charge in [0.05, 0.1) is 60.5 Å². The van der Waals surface area contributed by atoms with Gasteiger partial charge in [-0.3, -0.25) is 4.79 Å². The van der Waals surface area contributed by atoms with Gasteiger partial charge in [-0.1, -0.05) is 42.8 Å². The zero-order valence-corrected chi connectivity index (χ0v) is 34.9. The van der Waals surface area contributed by atoms with Crippen LogP contribution in [0.3, 0.4) is 0 Å². The topological polar surface area (TPSA) is 117 Å². The van der Waals surface area contributed by atoms with Crippen LogP contribution in [-0.2, 0) is 54.7 Å². The maximum absolute atomic E-state index is 14.4. The molecule has 0 aliphatic rings. The van der Waals surface area contributed by atoms with E-state index in [4.69, 9.17) is 56.7 Å². The highest BCUT2D eigenvalue weighted by molar-refractivity contribution is 6.76. The van der Waals surface area contributed by atoms with Gasteiger partial charge in [-0.15, -0.1) is 0 Å². The van der Waals surface area contributed by atoms with E-state index in [1.165, 1.54) is 25.3 Å². The van der Waals surface area contributed by atoms with Gasteiger partial charge >= 0.3 is 11.9 Å². The number of carbonyl (C=O) groups is 2. The van der Waals surface area contributed by atoms with E-state index >= 15 is 0 Å². The number of rotatable bonds is 26. The monoisotopic (exact) mass is 812 g/mol. The normalized spacial score (nSPS) is 11.5. The van der Waals surface area contributed by atoms with E-state index in [1.807, 2.05) is 11.6 Å². The summed E-state index contributed by atoms with van der Waals surface area (Å²) in [6, 6.07) is 8.50. The lowest BCUT2D eigenvalue weighted by molar-refractivity contribution is -0.140. The molecule has 0 unspecified atom stereocenters. The molecule has 0 amide bonds. The van der Waals surface area contributed by atoms with E-state index in [9.17, 15) is 14.0 Å². The summed E-state index contributed by atoms with van der Waals surface area (Å²) < 4.78 is 55.4. The molecular weight excluding hydrogens is 758 g/mol. The summed E-state index contributed by atoms with van der Waals surface area (Å²) in [4.78, 5) is 23.5. The van der Waals surface area contributed by atoms with E-state index in [1.54, 1.807) is 19.1 Å². The summed E-state index contributed by atoms with van der Waals surface area (Å²) in [6.07, 6.45) is 3.29. The van der Waals surface area contributed by atoms with Gasteiger partial charge in [0.25, 0.3) is 0 Å². The number of aromatic nitrogens is 2. The summed E-state index contributed by atoms with van der Waals surface area (Å²) in [5, 5.41) is 5.53. The number of nitrogens with zero attached hydrogens (tertiary/aromatic N) is 2. The number of aryl methyl sites for hydroxylation is 2. The summed E-state index contributed by atoms with van der Waals surface area (Å²) >= 11 is 12.8. The Morgan fingerprint density at radius 1 is 0.870 bits per heavy atom. The lowest BCUT2D eigenvalue weighted by Gasteiger charge is -2.16. The Bertz CT molecular complexity index is 1610. The third kappa shape index (κ3) is 15.9. The van der Waals surface area contributed by atoms with E-state index in [0.29, 0.717) is 94.3 Å². The minimum absolute atomic E-state index is 0.00988. The Kier molecular flexibility index (Phi) is 19.8. The fraction of sp³-hybridized carbons (Fsp3) is 0.564. The van der Waals surface area contributed by atoms with Crippen molar-refractivity contribution in [2.24, 2.45) is 0 Å². The molecule has 3 aromatic rings. The van der Waals surface area contributed by atoms with Crippen molar-refractivity contribution < 1.29 is 47.1 Å². The Hall–Kier alpha value is -3.20. The van der Waals surface area contributed by atoms with Crippen molar-refractivity contribution in [3.63, 3.8) is 0 Å². The summed E-state index contributed by atoms with van der Waals surface area (Å²) in [6.45, 7) is 14.3. The Morgan fingerprint density at radius 2 is 1.56 bits per heavy atom. The number of hydrogen-bond donors (Lipinski definition) is 0. The predicted molar refractivity (Wildman–Crippen MR) is 209 cm³/mol. The highest BCUT2D eigenvalue weighted by Crippen LogP contribution is 2.34. The largest absolute Gasteiger partial charge is 0.490 e. The maximum Gasteiger partial charge on any atom is 0.338 e. The smallest absolute Gasteiger partial charge is 0.338 e. The molecule has 0 aliphatic carbocycles. The SMILES string of the molecule is CCOC(=O)c1ccc(F)c(OCCCc2c(C)nn(COCC[Si](C)(C)C)c2COCCCOCCCOc2c(Cl)cc(CCC(=O)OC)cc2Cl)c1. The second kappa shape index (κ2) is 23.7. The highest BCUT2D eigenvalue weighted by atomic mass is 35.5. The predicted octanol–water partition coefficient (Wildman–Crippen LogP) is 8.64. The van der Waals surface area contributed by atoms with Crippen molar-refractivity contribution in [3.05, 3.63) is 74.3 Å². The van der Waals surface area contributed by atoms with Crippen molar-refractivity contribution in [2.75, 3.05) is 53.4 Å². The molecule has 0 radical (unpaired) electrons. The molecule has 0 spiro atoms. The van der Waals surface area contributed by atoms with E-state index in [2.05, 4.69) is 24.4 Å². The summed E-state index contributed by atoms with van der Waals surface area (Å²) in [5.41, 5.74) is 3.92. The van der Waals surface area contributed by atoms with Crippen LogP contribution in [0.15, 0.2) is 30.3 Å². The van der Waals surface area contributed by atoms with E-state index < -0.39 is 19.9 Å². The minimum atomic E-state index is -1.24. The number of carbonyl (C=O) groups excluding carboxylic acids is 2. The fourth-order valence-electron chi connectivity index (χ4n) is 5.29. The van der Waals surface area contributed by atoms with Crippen LogP contribution in [0.2, 0.25) is 35.7 Å². The van der Waals surface area contributed by atoms with Gasteiger partial charge in [0.1, 0.15) is 6.73 Å². The number of methoxy groups -OCH3 is 1. The highest BCUT2D eigenvalue weighted by Gasteiger charge is 2.18. The fourth-order valence-corrected chi connectivity index (χ4v) is 6.69. The first-order chi connectivity index (χ1) is 25.8. The van der Waals surface area contributed by atoms with Gasteiger partial charge in [-0.25, -0.2) is 13.9 Å². The van der Waals surface area contributed by atoms with Gasteiger partial charge in [0, 0.05) is 47.3 Å². The van der Waals surface area contributed by atoms with Crippen molar-refractivity contribution >= 4 is 43.2 Å². The standard InChI is InChI=1S/C39H55Cl2FN2O9Si/c1-7-51-39(46)30-13-14-34(42)36(25-30)52-19-8-11-31-28(2)43-44(27-50-21-22-54(4,5)6)35(31)26-49-18-9-16-48-17-10-20-53-38-32(40)23-29(24-33(38)41)12-15-37(45)47-3/h13-14,23-25H,7-12,15-22,26-27H2,1-6H3. The molecule has 1 heterocycles. The Morgan fingerprint density at radius 3 is 2.24 bits per heavy atom. The van der Waals surface area contributed by atoms with Gasteiger partial charge < -0.3 is 33.2 Å². The first-order valence-corrected chi connectivity index (χ1v) is 22.8. The van der Waals surface area contributed by atoms with Crippen molar-refractivity contribution in [1.29, 1.82) is 0 Å². The lowest BCUT2D eigenvalue weighted by atomic mass is 10.1. The maximum atomic E-state index is 14.4. The average molecular weight is 814 g/mol. The van der Waals surface area contributed by atoms with Gasteiger partial charge in [-0.2, -0.15) is 5.10 Å². The van der Waals surface area contributed by atoms with Gasteiger partial charge in [-0.05, 0) is 87.0 Å². The van der Waals surface area contributed by atoms with Crippen LogP contribution in [0.25, 0.3) is 0 Å². The van der Waals surface area contributed by atoms with E-state index in [-0.39, 0.29) is 36.9 Å². The molecule has 54 heavy (non-hydrogen) atoms. The first kappa shape index (κ1) is 45.2. The molecule has 3 rings (SSSR count). The van der Waals surface area contributed by atoms with Crippen molar-refractivity contribution in [2.45, 2.75) is 91.4 Å². The van der Waals surface area contributed by atoms with Crippen LogP contribution in [0.4, 0.5) is 4.39 Å². The minimum Gasteiger partial charge on any atom is -0.490 e. The molecule has 0 saturated carbocycles. The van der Waals surface area contributed by atoms with Crippen LogP contribution >= 0.6 is 23.2 Å². The summed E-state index contributed by atoms with van der Waals surface area (Å²) in [5.74, 6) is -0.946. The number of esters is 2. The van der Waals surface area contributed by atoms with Crippen LogP contribution in [0.1, 0.15) is 65.5 Å².